The minimum atomic E-state index is -4.58. The van der Waals surface area contributed by atoms with Gasteiger partial charge in [-0.2, -0.15) is 13.2 Å². The third-order valence-corrected chi connectivity index (χ3v) is 4.84. The van der Waals surface area contributed by atoms with Crippen LogP contribution < -0.4 is 5.32 Å². The van der Waals surface area contributed by atoms with Gasteiger partial charge in [0.05, 0.1) is 11.3 Å². The van der Waals surface area contributed by atoms with Crippen LogP contribution in [0.4, 0.5) is 28.0 Å². The van der Waals surface area contributed by atoms with Gasteiger partial charge >= 0.3 is 12.2 Å². The van der Waals surface area contributed by atoms with E-state index < -0.39 is 29.3 Å². The predicted octanol–water partition coefficient (Wildman–Crippen LogP) is 3.94. The molecule has 8 heteroatoms. The fourth-order valence-corrected chi connectivity index (χ4v) is 3.54. The lowest BCUT2D eigenvalue weighted by Gasteiger charge is -2.28. The molecule has 1 N–H and O–H groups in total. The molecule has 0 unspecified atom stereocenters. The van der Waals surface area contributed by atoms with Crippen LogP contribution in [0.15, 0.2) is 18.2 Å². The van der Waals surface area contributed by atoms with Gasteiger partial charge in [-0.15, -0.1) is 0 Å². The number of urea groups is 1. The molecule has 2 aliphatic heterocycles. The zero-order valence-corrected chi connectivity index (χ0v) is 13.8. The Kier molecular flexibility index (Phi) is 5.17. The van der Waals surface area contributed by atoms with Crippen LogP contribution in [-0.4, -0.2) is 48.1 Å². The van der Waals surface area contributed by atoms with Gasteiger partial charge in [-0.3, -0.25) is 0 Å². The summed E-state index contributed by atoms with van der Waals surface area (Å²) in [6.45, 7) is 3.31. The number of hydrogen-bond acceptors (Lipinski definition) is 2. The van der Waals surface area contributed by atoms with Crippen molar-refractivity contribution in [2.45, 2.75) is 37.9 Å². The molecule has 0 saturated carbocycles. The highest BCUT2D eigenvalue weighted by Gasteiger charge is 2.33. The van der Waals surface area contributed by atoms with E-state index in [-0.39, 0.29) is 6.04 Å². The van der Waals surface area contributed by atoms with Gasteiger partial charge in [-0.25, -0.2) is 9.18 Å². The maximum atomic E-state index is 13.8. The van der Waals surface area contributed by atoms with Crippen molar-refractivity contribution in [1.82, 2.24) is 9.80 Å². The maximum Gasteiger partial charge on any atom is 0.416 e. The average Bonchev–Trinajstić information content (AvgIpc) is 3.20. The highest BCUT2D eigenvalue weighted by atomic mass is 19.4. The van der Waals surface area contributed by atoms with Crippen LogP contribution in [-0.2, 0) is 6.18 Å². The van der Waals surface area contributed by atoms with E-state index in [4.69, 9.17) is 0 Å². The number of rotatable bonds is 3. The molecule has 1 aromatic carbocycles. The molecule has 2 fully saturated rings. The quantitative estimate of drug-likeness (QED) is 0.830. The van der Waals surface area contributed by atoms with Crippen molar-refractivity contribution in [1.29, 1.82) is 0 Å². The van der Waals surface area contributed by atoms with Gasteiger partial charge in [0.1, 0.15) is 5.82 Å². The summed E-state index contributed by atoms with van der Waals surface area (Å²) < 4.78 is 52.1. The van der Waals surface area contributed by atoms with Crippen LogP contribution in [0.1, 0.15) is 31.2 Å². The number of nitrogens with one attached hydrogen (secondary N) is 1. The first-order valence-corrected chi connectivity index (χ1v) is 8.51. The Morgan fingerprint density at radius 1 is 1.16 bits per heavy atom. The molecule has 1 atom stereocenters. The lowest BCUT2D eigenvalue weighted by Crippen LogP contribution is -2.44. The fraction of sp³-hybridized carbons (Fsp3) is 0.588. The van der Waals surface area contributed by atoms with Crippen LogP contribution in [0.3, 0.4) is 0 Å². The summed E-state index contributed by atoms with van der Waals surface area (Å²) in [7, 11) is 0. The van der Waals surface area contributed by atoms with Crippen LogP contribution in [0, 0.1) is 5.82 Å². The first-order chi connectivity index (χ1) is 11.8. The Hall–Kier alpha value is -1.83. The smallest absolute Gasteiger partial charge is 0.320 e. The van der Waals surface area contributed by atoms with Crippen molar-refractivity contribution in [2.24, 2.45) is 0 Å². The summed E-state index contributed by atoms with van der Waals surface area (Å²) in [6.07, 6.45) is -0.589. The Morgan fingerprint density at radius 2 is 1.88 bits per heavy atom. The summed E-state index contributed by atoms with van der Waals surface area (Å²) in [6, 6.07) is 1.51. The number of carbonyl (C=O) groups is 1. The van der Waals surface area contributed by atoms with E-state index in [1.807, 2.05) is 0 Å². The molecule has 2 saturated heterocycles. The Morgan fingerprint density at radius 3 is 2.56 bits per heavy atom. The van der Waals surface area contributed by atoms with Gasteiger partial charge in [0.25, 0.3) is 0 Å². The van der Waals surface area contributed by atoms with Crippen LogP contribution in [0.25, 0.3) is 0 Å². The van der Waals surface area contributed by atoms with Gasteiger partial charge in [0, 0.05) is 19.1 Å². The number of likely N-dealkylation sites (tertiary alicyclic amines) is 2. The molecule has 3 rings (SSSR count). The molecular formula is C17H21F4N3O. The van der Waals surface area contributed by atoms with Crippen LogP contribution >= 0.6 is 0 Å². The van der Waals surface area contributed by atoms with E-state index in [0.717, 1.165) is 51.4 Å². The summed E-state index contributed by atoms with van der Waals surface area (Å²) in [5.41, 5.74) is -1.43. The van der Waals surface area contributed by atoms with Gasteiger partial charge < -0.3 is 15.1 Å². The minimum Gasteiger partial charge on any atom is -0.320 e. The summed E-state index contributed by atoms with van der Waals surface area (Å²) in [4.78, 5) is 16.4. The molecule has 138 valence electrons. The molecule has 2 aliphatic rings. The molecule has 25 heavy (non-hydrogen) atoms. The lowest BCUT2D eigenvalue weighted by atomic mass is 10.2. The maximum absolute atomic E-state index is 13.8. The normalized spacial score (nSPS) is 21.8. The SMILES string of the molecule is O=C(Nc1cc(C(F)(F)F)ccc1F)N1CCC[C@H]1CN1CCCC1. The second-order valence-electron chi connectivity index (χ2n) is 6.62. The van der Waals surface area contributed by atoms with Crippen LogP contribution in [0.5, 0.6) is 0 Å². The minimum absolute atomic E-state index is 0.0203. The zero-order valence-electron chi connectivity index (χ0n) is 13.8. The van der Waals surface area contributed by atoms with Gasteiger partial charge in [-0.05, 0) is 57.0 Å². The van der Waals surface area contributed by atoms with Crippen molar-refractivity contribution < 1.29 is 22.4 Å². The van der Waals surface area contributed by atoms with Crippen molar-refractivity contribution >= 4 is 11.7 Å². The van der Waals surface area contributed by atoms with Gasteiger partial charge in [-0.1, -0.05) is 0 Å². The standard InChI is InChI=1S/C17H21F4N3O/c18-14-6-5-12(17(19,20)21)10-15(14)22-16(25)24-9-3-4-13(24)11-23-7-1-2-8-23/h5-6,10,13H,1-4,7-9,11H2,(H,22,25)/t13-/m0/s1. The number of amides is 2. The van der Waals surface area contributed by atoms with Gasteiger partial charge in [0.15, 0.2) is 0 Å². The highest BCUT2D eigenvalue weighted by Crippen LogP contribution is 2.32. The van der Waals surface area contributed by atoms with Crippen molar-refractivity contribution in [3.8, 4) is 0 Å². The number of nitrogens with zero attached hydrogens (tertiary/aromatic N) is 2. The summed E-state index contributed by atoms with van der Waals surface area (Å²) in [5.74, 6) is -0.878. The Labute approximate surface area is 143 Å². The Balaban J connectivity index is 1.68. The molecule has 0 bridgehead atoms. The second-order valence-corrected chi connectivity index (χ2v) is 6.62. The first kappa shape index (κ1) is 18.0. The van der Waals surface area contributed by atoms with E-state index >= 15 is 0 Å². The predicted molar refractivity (Wildman–Crippen MR) is 85.8 cm³/mol. The molecule has 2 heterocycles. The topological polar surface area (TPSA) is 35.6 Å². The molecule has 0 spiro atoms. The molecule has 0 aliphatic carbocycles. The van der Waals surface area contributed by atoms with E-state index in [1.165, 1.54) is 0 Å². The summed E-state index contributed by atoms with van der Waals surface area (Å²) >= 11 is 0. The zero-order chi connectivity index (χ0) is 18.0. The van der Waals surface area contributed by atoms with E-state index in [2.05, 4.69) is 10.2 Å². The highest BCUT2D eigenvalue weighted by molar-refractivity contribution is 5.90. The van der Waals surface area contributed by atoms with Crippen molar-refractivity contribution in [3.05, 3.63) is 29.6 Å². The monoisotopic (exact) mass is 359 g/mol. The fourth-order valence-electron chi connectivity index (χ4n) is 3.54. The summed E-state index contributed by atoms with van der Waals surface area (Å²) in [5, 5.41) is 2.31. The number of anilines is 1. The Bertz CT molecular complexity index is 629. The number of benzene rings is 1. The van der Waals surface area contributed by atoms with E-state index in [9.17, 15) is 22.4 Å². The van der Waals surface area contributed by atoms with Crippen molar-refractivity contribution in [2.75, 3.05) is 31.5 Å². The molecule has 1 aromatic rings. The van der Waals surface area contributed by atoms with E-state index in [0.29, 0.717) is 18.7 Å². The third-order valence-electron chi connectivity index (χ3n) is 4.84. The average molecular weight is 359 g/mol. The van der Waals surface area contributed by atoms with Gasteiger partial charge in [0.2, 0.25) is 0 Å². The molecule has 4 nitrogen and oxygen atoms in total. The molecular weight excluding hydrogens is 338 g/mol. The number of alkyl halides is 3. The lowest BCUT2D eigenvalue weighted by molar-refractivity contribution is -0.137. The van der Waals surface area contributed by atoms with Crippen molar-refractivity contribution in [3.63, 3.8) is 0 Å². The van der Waals surface area contributed by atoms with Crippen LogP contribution in [0.2, 0.25) is 0 Å². The number of halogens is 4. The molecule has 2 amide bonds. The molecule has 0 aromatic heterocycles. The third kappa shape index (κ3) is 4.23. The van der Waals surface area contributed by atoms with E-state index in [1.54, 1.807) is 4.90 Å². The first-order valence-electron chi connectivity index (χ1n) is 8.51. The number of carbonyl (C=O) groups excluding carboxylic acids is 1. The number of hydrogen-bond donors (Lipinski definition) is 1. The second kappa shape index (κ2) is 7.19. The molecule has 0 radical (unpaired) electrons. The largest absolute Gasteiger partial charge is 0.416 e.